The highest BCUT2D eigenvalue weighted by Gasteiger charge is 2.49. The summed E-state index contributed by atoms with van der Waals surface area (Å²) in [7, 11) is -10.9. The summed E-state index contributed by atoms with van der Waals surface area (Å²) in [5, 5.41) is 3.81. The number of piperazine rings is 1. The number of allylic oxidation sites excluding steroid dienone is 1. The molecule has 2 aliphatic carbocycles. The van der Waals surface area contributed by atoms with Crippen LogP contribution < -0.4 is 14.9 Å². The average molecular weight is 1050 g/mol. The first-order valence-electron chi connectivity index (χ1n) is 24.6. The molecule has 3 saturated heterocycles. The van der Waals surface area contributed by atoms with Crippen LogP contribution in [0.4, 0.5) is 24.5 Å². The van der Waals surface area contributed by atoms with Gasteiger partial charge in [0.05, 0.1) is 10.6 Å². The van der Waals surface area contributed by atoms with Crippen molar-refractivity contribution >= 4 is 66.1 Å². The van der Waals surface area contributed by atoms with Crippen LogP contribution in [0.5, 0.6) is 0 Å². The Bertz CT molecular complexity index is 2800. The van der Waals surface area contributed by atoms with Crippen molar-refractivity contribution in [3.05, 3.63) is 119 Å². The number of anilines is 2. The van der Waals surface area contributed by atoms with Crippen LogP contribution >= 0.6 is 23.4 Å². The fourth-order valence-electron chi connectivity index (χ4n) is 10.9. The summed E-state index contributed by atoms with van der Waals surface area (Å²) in [6.07, 6.45) is 6.52. The lowest BCUT2D eigenvalue weighted by molar-refractivity contribution is -0.0435. The maximum absolute atomic E-state index is 14.4. The number of amides is 1. The molecule has 18 heteroatoms. The van der Waals surface area contributed by atoms with E-state index in [1.54, 1.807) is 12.1 Å². The van der Waals surface area contributed by atoms with Gasteiger partial charge in [-0.15, -0.1) is 11.8 Å². The van der Waals surface area contributed by atoms with Crippen LogP contribution in [0.2, 0.25) is 5.02 Å². The highest BCUT2D eigenvalue weighted by molar-refractivity contribution is 7.99. The highest BCUT2D eigenvalue weighted by Crippen LogP contribution is 2.58. The van der Waals surface area contributed by atoms with Crippen LogP contribution in [0, 0.1) is 17.3 Å². The summed E-state index contributed by atoms with van der Waals surface area (Å²) in [6.45, 7) is 15.2. The van der Waals surface area contributed by atoms with Gasteiger partial charge in [-0.3, -0.25) is 14.6 Å². The predicted molar refractivity (Wildman–Crippen MR) is 277 cm³/mol. The molecule has 2 unspecified atom stereocenters. The van der Waals surface area contributed by atoms with Crippen LogP contribution in [-0.2, 0) is 19.9 Å². The van der Waals surface area contributed by atoms with Crippen molar-refractivity contribution in [1.29, 1.82) is 0 Å². The molecular weight excluding hydrogens is 989 g/mol. The first-order chi connectivity index (χ1) is 33.6. The molecule has 1 saturated carbocycles. The van der Waals surface area contributed by atoms with Crippen molar-refractivity contribution in [2.75, 3.05) is 81.4 Å². The van der Waals surface area contributed by atoms with E-state index < -0.39 is 47.1 Å². The molecule has 0 radical (unpaired) electrons. The standard InChI is InChI=1S/C53H64ClF3N6O5S3/c1-51(2,3)63-34-40-32-61(33-41(40)35-63)24-20-43(36-69-45-7-5-4-6-8-45)58-48-18-17-46(29-49(48)70(65,66)53(55,56)57)71(67,68)59-50(64)38-11-15-44(16-12-38)62-27-25-60(26-28-62)31-39-30-52(22-23-52)21-19-47(39)37-9-13-42(54)14-10-37/h4-18,29,40-41,43,58H,19-28,30-36H2,1-3H3,(H,59,64)/t40?,41?,43-/m1/s1. The molecule has 1 amide bonds. The second kappa shape index (κ2) is 20.7. The minimum atomic E-state index is -6.06. The average Bonchev–Trinajstić information content (AvgIpc) is 3.76. The number of rotatable bonds is 16. The van der Waals surface area contributed by atoms with E-state index in [0.717, 1.165) is 99.5 Å². The number of carbonyl (C=O) groups is 1. The number of halogens is 4. The Morgan fingerprint density at radius 2 is 1.48 bits per heavy atom. The van der Waals surface area contributed by atoms with Crippen molar-refractivity contribution in [2.45, 2.75) is 91.1 Å². The molecular formula is C53H64ClF3N6O5S3. The van der Waals surface area contributed by atoms with E-state index in [1.165, 1.54) is 59.9 Å². The minimum Gasteiger partial charge on any atom is -0.380 e. The van der Waals surface area contributed by atoms with E-state index in [4.69, 9.17) is 11.6 Å². The number of nitrogens with one attached hydrogen (secondary N) is 2. The van der Waals surface area contributed by atoms with Crippen LogP contribution in [0.25, 0.3) is 5.57 Å². The van der Waals surface area contributed by atoms with Gasteiger partial charge in [0.1, 0.15) is 4.90 Å². The molecule has 71 heavy (non-hydrogen) atoms. The molecule has 4 aromatic rings. The molecule has 0 bridgehead atoms. The molecule has 5 aliphatic rings. The molecule has 1 spiro atoms. The van der Waals surface area contributed by atoms with E-state index >= 15 is 0 Å². The summed E-state index contributed by atoms with van der Waals surface area (Å²) in [6, 6.07) is 26.2. The number of benzene rings is 4. The van der Waals surface area contributed by atoms with Gasteiger partial charge < -0.3 is 15.1 Å². The van der Waals surface area contributed by atoms with Gasteiger partial charge in [-0.2, -0.15) is 13.2 Å². The molecule has 11 nitrogen and oxygen atoms in total. The van der Waals surface area contributed by atoms with E-state index in [2.05, 4.69) is 57.8 Å². The van der Waals surface area contributed by atoms with Crippen LogP contribution in [0.15, 0.2) is 117 Å². The van der Waals surface area contributed by atoms with Gasteiger partial charge in [0, 0.05) is 104 Å². The van der Waals surface area contributed by atoms with Crippen molar-refractivity contribution < 1.29 is 34.8 Å². The first-order valence-corrected chi connectivity index (χ1v) is 29.0. The Hall–Kier alpha value is -4.10. The molecule has 9 rings (SSSR count). The zero-order valence-electron chi connectivity index (χ0n) is 40.6. The summed E-state index contributed by atoms with van der Waals surface area (Å²) in [4.78, 5) is 21.9. The third-order valence-corrected chi connectivity index (χ3v) is 19.6. The number of hydrogen-bond donors (Lipinski definition) is 2. The molecule has 3 aliphatic heterocycles. The van der Waals surface area contributed by atoms with Gasteiger partial charge in [-0.25, -0.2) is 21.6 Å². The van der Waals surface area contributed by atoms with Gasteiger partial charge in [-0.05, 0) is 154 Å². The Kier molecular flexibility index (Phi) is 15.1. The van der Waals surface area contributed by atoms with E-state index in [0.29, 0.717) is 42.0 Å². The molecule has 4 fully saturated rings. The number of nitrogens with zero attached hydrogens (tertiary/aromatic N) is 4. The maximum atomic E-state index is 14.4. The predicted octanol–water partition coefficient (Wildman–Crippen LogP) is 9.92. The fourth-order valence-corrected chi connectivity index (χ4v) is 14.0. The fraction of sp³-hybridized carbons (Fsp3) is 0.491. The number of sulfonamides is 1. The normalized spacial score (nSPS) is 21.6. The lowest BCUT2D eigenvalue weighted by atomic mass is 9.79. The Balaban J connectivity index is 0.853. The molecule has 0 aromatic heterocycles. The summed E-state index contributed by atoms with van der Waals surface area (Å²) in [5.41, 5.74) is -0.489. The number of thioether (sulfide) groups is 1. The van der Waals surface area contributed by atoms with Gasteiger partial charge in [0.25, 0.3) is 25.8 Å². The minimum absolute atomic E-state index is 0.0114. The van der Waals surface area contributed by atoms with E-state index in [9.17, 15) is 34.8 Å². The summed E-state index contributed by atoms with van der Waals surface area (Å²) in [5.74, 6) is 0.421. The van der Waals surface area contributed by atoms with E-state index in [-0.39, 0.29) is 16.8 Å². The van der Waals surface area contributed by atoms with Crippen molar-refractivity contribution in [3.8, 4) is 0 Å². The smallest absolute Gasteiger partial charge is 0.380 e. The third kappa shape index (κ3) is 12.1. The number of sulfone groups is 1. The number of alkyl halides is 3. The number of hydrogen-bond acceptors (Lipinski definition) is 11. The van der Waals surface area contributed by atoms with Crippen molar-refractivity contribution in [2.24, 2.45) is 17.3 Å². The number of fused-ring (bicyclic) bond motifs is 1. The van der Waals surface area contributed by atoms with E-state index in [1.807, 2.05) is 47.2 Å². The lowest BCUT2D eigenvalue weighted by Crippen LogP contribution is -2.47. The number of likely N-dealkylation sites (tertiary alicyclic amines) is 2. The SMILES string of the molecule is CC(C)(C)N1CC2CN(CC[C@H](CSc3ccccc3)Nc3ccc(S(=O)(=O)NC(=O)c4ccc(N5CCN(CC6=C(c7ccc(Cl)cc7)CCC7(CC7)C6)CC5)cc4)cc3S(=O)(=O)C(F)(F)F)CC2C1. The monoisotopic (exact) mass is 1050 g/mol. The van der Waals surface area contributed by atoms with Crippen LogP contribution in [0.3, 0.4) is 0 Å². The zero-order valence-corrected chi connectivity index (χ0v) is 43.8. The zero-order chi connectivity index (χ0) is 50.3. The topological polar surface area (TPSA) is 122 Å². The highest BCUT2D eigenvalue weighted by atomic mass is 35.5. The lowest BCUT2D eigenvalue weighted by Gasteiger charge is -2.38. The Labute approximate surface area is 426 Å². The third-order valence-electron chi connectivity index (χ3n) is 15.3. The molecule has 4 aromatic carbocycles. The second-order valence-corrected chi connectivity index (χ2v) is 26.3. The Morgan fingerprint density at radius 3 is 2.10 bits per heavy atom. The summed E-state index contributed by atoms with van der Waals surface area (Å²) >= 11 is 7.70. The number of carbonyl (C=O) groups excluding carboxylic acids is 1. The van der Waals surface area contributed by atoms with Crippen molar-refractivity contribution in [1.82, 2.24) is 19.4 Å². The van der Waals surface area contributed by atoms with Gasteiger partial charge in [0.15, 0.2) is 0 Å². The quantitative estimate of drug-likeness (QED) is 0.104. The van der Waals surface area contributed by atoms with Gasteiger partial charge in [0.2, 0.25) is 0 Å². The molecule has 2 N–H and O–H groups in total. The molecule has 3 atom stereocenters. The van der Waals surface area contributed by atoms with Gasteiger partial charge in [-0.1, -0.05) is 47.5 Å². The Morgan fingerprint density at radius 1 is 0.817 bits per heavy atom. The van der Waals surface area contributed by atoms with Crippen LogP contribution in [0.1, 0.15) is 75.2 Å². The van der Waals surface area contributed by atoms with Gasteiger partial charge >= 0.3 is 5.51 Å². The maximum Gasteiger partial charge on any atom is 0.501 e. The van der Waals surface area contributed by atoms with Crippen LogP contribution in [-0.4, -0.2) is 126 Å². The van der Waals surface area contributed by atoms with Crippen molar-refractivity contribution in [3.63, 3.8) is 0 Å². The largest absolute Gasteiger partial charge is 0.501 e. The summed E-state index contributed by atoms with van der Waals surface area (Å²) < 4.78 is 98.9. The second-order valence-electron chi connectivity index (χ2n) is 21.2. The first kappa shape index (κ1) is 51.8. The molecule has 3 heterocycles. The molecule has 382 valence electrons.